The van der Waals surface area contributed by atoms with Crippen molar-refractivity contribution in [1.82, 2.24) is 9.78 Å². The third-order valence-electron chi connectivity index (χ3n) is 4.18. The van der Waals surface area contributed by atoms with Crippen LogP contribution in [0.25, 0.3) is 5.69 Å². The van der Waals surface area contributed by atoms with Crippen LogP contribution in [0.3, 0.4) is 0 Å². The molecule has 0 radical (unpaired) electrons. The Morgan fingerprint density at radius 3 is 2.54 bits per heavy atom. The first-order chi connectivity index (χ1) is 13.5. The maximum Gasteiger partial charge on any atom is 0.271 e. The van der Waals surface area contributed by atoms with Crippen LogP contribution in [0, 0.1) is 12.7 Å². The second kappa shape index (κ2) is 8.47. The molecule has 0 aliphatic carbocycles. The fraction of sp³-hybridized carbons (Fsp3) is 0.190. The van der Waals surface area contributed by atoms with Crippen LogP contribution >= 0.6 is 0 Å². The van der Waals surface area contributed by atoms with Crippen molar-refractivity contribution in [1.29, 1.82) is 0 Å². The molecule has 3 rings (SSSR count). The molecule has 0 aliphatic heterocycles. The summed E-state index contributed by atoms with van der Waals surface area (Å²) in [5.41, 5.74) is 1.65. The first-order valence-corrected chi connectivity index (χ1v) is 8.87. The molecule has 1 heterocycles. The van der Waals surface area contributed by atoms with Gasteiger partial charge in [-0.1, -0.05) is 25.1 Å². The van der Waals surface area contributed by atoms with Gasteiger partial charge in [0, 0.05) is 17.8 Å². The molecule has 0 unspecified atom stereocenters. The number of aryl methyl sites for hydroxylation is 1. The number of hydrogen-bond donors (Lipinski definition) is 1. The predicted molar refractivity (Wildman–Crippen MR) is 104 cm³/mol. The van der Waals surface area contributed by atoms with Gasteiger partial charge in [-0.25, -0.2) is 4.39 Å². The van der Waals surface area contributed by atoms with Crippen molar-refractivity contribution in [3.05, 3.63) is 82.4 Å². The average Bonchev–Trinajstić information content (AvgIpc) is 2.69. The molecule has 1 N–H and O–H groups in total. The predicted octanol–water partition coefficient (Wildman–Crippen LogP) is 3.48. The van der Waals surface area contributed by atoms with E-state index in [0.29, 0.717) is 17.8 Å². The van der Waals surface area contributed by atoms with E-state index >= 15 is 0 Å². The molecule has 144 valence electrons. The van der Waals surface area contributed by atoms with Gasteiger partial charge < -0.3 is 10.1 Å². The smallest absolute Gasteiger partial charge is 0.271 e. The average molecular weight is 381 g/mol. The molecule has 1 atom stereocenters. The van der Waals surface area contributed by atoms with Crippen molar-refractivity contribution >= 4 is 11.6 Å². The lowest BCUT2D eigenvalue weighted by atomic mass is 10.2. The third kappa shape index (κ3) is 4.43. The quantitative estimate of drug-likeness (QED) is 0.710. The summed E-state index contributed by atoms with van der Waals surface area (Å²) in [4.78, 5) is 24.7. The van der Waals surface area contributed by atoms with E-state index in [1.165, 1.54) is 36.4 Å². The van der Waals surface area contributed by atoms with E-state index in [2.05, 4.69) is 10.4 Å². The minimum Gasteiger partial charge on any atom is -0.463 e. The summed E-state index contributed by atoms with van der Waals surface area (Å²) >= 11 is 0. The van der Waals surface area contributed by atoms with Crippen molar-refractivity contribution < 1.29 is 13.9 Å². The van der Waals surface area contributed by atoms with Crippen LogP contribution in [0.2, 0.25) is 0 Å². The zero-order chi connectivity index (χ0) is 20.1. The van der Waals surface area contributed by atoms with Gasteiger partial charge in [0.1, 0.15) is 5.82 Å². The molecule has 1 amide bonds. The lowest BCUT2D eigenvalue weighted by Gasteiger charge is -2.18. The number of nitrogens with zero attached hydrogens (tertiary/aromatic N) is 2. The Kier molecular flexibility index (Phi) is 5.84. The number of ether oxygens (including phenoxy) is 1. The van der Waals surface area contributed by atoms with E-state index in [-0.39, 0.29) is 11.8 Å². The molecule has 0 fully saturated rings. The molecule has 3 aromatic rings. The summed E-state index contributed by atoms with van der Waals surface area (Å²) < 4.78 is 19.9. The number of halogens is 1. The summed E-state index contributed by atoms with van der Waals surface area (Å²) in [5, 5.41) is 6.99. The minimum absolute atomic E-state index is 0.121. The Bertz CT molecular complexity index is 1030. The first-order valence-electron chi connectivity index (χ1n) is 8.87. The third-order valence-corrected chi connectivity index (χ3v) is 4.18. The van der Waals surface area contributed by atoms with Crippen LogP contribution in [-0.4, -0.2) is 21.8 Å². The van der Waals surface area contributed by atoms with Crippen molar-refractivity contribution in [2.45, 2.75) is 26.4 Å². The summed E-state index contributed by atoms with van der Waals surface area (Å²) in [6.45, 7) is 3.72. The first kappa shape index (κ1) is 19.3. The molecule has 1 aromatic heterocycles. The Morgan fingerprint density at radius 2 is 1.86 bits per heavy atom. The number of hydrogen-bond acceptors (Lipinski definition) is 4. The molecule has 0 bridgehead atoms. The molecule has 2 aromatic carbocycles. The van der Waals surface area contributed by atoms with Crippen LogP contribution < -0.4 is 15.6 Å². The topological polar surface area (TPSA) is 73.2 Å². The number of rotatable bonds is 6. The number of carbonyl (C=O) groups excluding carboxylic acids is 1. The maximum atomic E-state index is 13.1. The molecule has 6 nitrogen and oxygen atoms in total. The fourth-order valence-corrected chi connectivity index (χ4v) is 2.62. The van der Waals surface area contributed by atoms with Gasteiger partial charge >= 0.3 is 0 Å². The van der Waals surface area contributed by atoms with Crippen LogP contribution in [0.1, 0.15) is 18.9 Å². The normalized spacial score (nSPS) is 11.7. The van der Waals surface area contributed by atoms with E-state index < -0.39 is 17.5 Å². The molecular formula is C21H20FN3O3. The van der Waals surface area contributed by atoms with E-state index in [4.69, 9.17) is 4.74 Å². The highest BCUT2D eigenvalue weighted by Crippen LogP contribution is 2.16. The van der Waals surface area contributed by atoms with Gasteiger partial charge in [-0.15, -0.1) is 5.10 Å². The van der Waals surface area contributed by atoms with E-state index in [1.807, 2.05) is 38.1 Å². The van der Waals surface area contributed by atoms with Gasteiger partial charge in [0.2, 0.25) is 5.88 Å². The maximum absolute atomic E-state index is 13.1. The Labute approximate surface area is 161 Å². The van der Waals surface area contributed by atoms with Gasteiger partial charge in [0.25, 0.3) is 11.5 Å². The molecular weight excluding hydrogens is 361 g/mol. The van der Waals surface area contributed by atoms with Gasteiger partial charge in [0.05, 0.1) is 5.69 Å². The Balaban J connectivity index is 1.80. The van der Waals surface area contributed by atoms with Crippen molar-refractivity contribution in [2.75, 3.05) is 5.32 Å². The summed E-state index contributed by atoms with van der Waals surface area (Å²) in [5.74, 6) is -0.600. The summed E-state index contributed by atoms with van der Waals surface area (Å²) in [6, 6.07) is 15.5. The molecule has 0 saturated heterocycles. The number of amides is 1. The number of anilines is 1. The van der Waals surface area contributed by atoms with Crippen LogP contribution in [0.5, 0.6) is 5.88 Å². The Hall–Kier alpha value is -3.48. The second-order valence-electron chi connectivity index (χ2n) is 6.22. The van der Waals surface area contributed by atoms with E-state index in [1.54, 1.807) is 0 Å². The monoisotopic (exact) mass is 381 g/mol. The SMILES string of the molecule is CC[C@H](Oc1ccc(=O)n(-c2ccc(F)cc2)n1)C(=O)Nc1ccccc1C. The van der Waals surface area contributed by atoms with E-state index in [9.17, 15) is 14.0 Å². The highest BCUT2D eigenvalue weighted by Gasteiger charge is 2.20. The lowest BCUT2D eigenvalue weighted by molar-refractivity contribution is -0.123. The summed E-state index contributed by atoms with van der Waals surface area (Å²) in [6.07, 6.45) is -0.374. The lowest BCUT2D eigenvalue weighted by Crippen LogP contribution is -2.33. The number of nitrogens with one attached hydrogen (secondary N) is 1. The van der Waals surface area contributed by atoms with Crippen molar-refractivity contribution in [3.63, 3.8) is 0 Å². The minimum atomic E-state index is -0.786. The van der Waals surface area contributed by atoms with Crippen LogP contribution in [-0.2, 0) is 4.79 Å². The van der Waals surface area contributed by atoms with Crippen molar-refractivity contribution in [3.8, 4) is 11.6 Å². The van der Waals surface area contributed by atoms with Gasteiger partial charge in [0.15, 0.2) is 6.10 Å². The Morgan fingerprint density at radius 1 is 1.14 bits per heavy atom. The number of benzene rings is 2. The molecule has 28 heavy (non-hydrogen) atoms. The zero-order valence-electron chi connectivity index (χ0n) is 15.6. The van der Waals surface area contributed by atoms with Gasteiger partial charge in [-0.05, 0) is 49.2 Å². The largest absolute Gasteiger partial charge is 0.463 e. The highest BCUT2D eigenvalue weighted by atomic mass is 19.1. The van der Waals surface area contributed by atoms with Crippen LogP contribution in [0.15, 0.2) is 65.5 Å². The summed E-state index contributed by atoms with van der Waals surface area (Å²) in [7, 11) is 0. The number of aromatic nitrogens is 2. The van der Waals surface area contributed by atoms with Gasteiger partial charge in [-0.3, -0.25) is 9.59 Å². The molecule has 7 heteroatoms. The standard InChI is InChI=1S/C21H20FN3O3/c1-3-18(21(27)23-17-7-5-4-6-14(17)2)28-19-12-13-20(26)25(24-19)16-10-8-15(22)9-11-16/h4-13,18H,3H2,1-2H3,(H,23,27)/t18-/m0/s1. The zero-order valence-corrected chi connectivity index (χ0v) is 15.6. The number of carbonyl (C=O) groups is 1. The van der Waals surface area contributed by atoms with Crippen molar-refractivity contribution in [2.24, 2.45) is 0 Å². The highest BCUT2D eigenvalue weighted by molar-refractivity contribution is 5.94. The molecule has 0 spiro atoms. The second-order valence-corrected chi connectivity index (χ2v) is 6.22. The number of para-hydroxylation sites is 1. The van der Waals surface area contributed by atoms with Crippen LogP contribution in [0.4, 0.5) is 10.1 Å². The molecule has 0 aliphatic rings. The molecule has 0 saturated carbocycles. The fourth-order valence-electron chi connectivity index (χ4n) is 2.62. The van der Waals surface area contributed by atoms with Gasteiger partial charge in [-0.2, -0.15) is 4.68 Å². The van der Waals surface area contributed by atoms with E-state index in [0.717, 1.165) is 10.2 Å².